The van der Waals surface area contributed by atoms with Gasteiger partial charge < -0.3 is 42.2 Å². The lowest BCUT2D eigenvalue weighted by Crippen LogP contribution is -2.48. The average molecular weight is 643 g/mol. The van der Waals surface area contributed by atoms with Crippen LogP contribution in [0.3, 0.4) is 0 Å². The van der Waals surface area contributed by atoms with Gasteiger partial charge in [0.1, 0.15) is 12.1 Å². The molecule has 1 aliphatic heterocycles. The number of amides is 2. The average Bonchev–Trinajstić information content (AvgIpc) is 3.45. The van der Waals surface area contributed by atoms with E-state index in [-0.39, 0.29) is 30.4 Å². The van der Waals surface area contributed by atoms with Gasteiger partial charge in [-0.1, -0.05) is 6.07 Å². The first-order chi connectivity index (χ1) is 22.6. The second-order valence-corrected chi connectivity index (χ2v) is 10.7. The van der Waals surface area contributed by atoms with Crippen LogP contribution in [-0.2, 0) is 32.0 Å². The van der Waals surface area contributed by atoms with Crippen molar-refractivity contribution in [2.45, 2.75) is 38.4 Å². The number of carbonyl (C=O) groups excluding carboxylic acids is 4. The summed E-state index contributed by atoms with van der Waals surface area (Å²) in [6, 6.07) is 9.22. The van der Waals surface area contributed by atoms with Crippen LogP contribution < -0.4 is 32.7 Å². The van der Waals surface area contributed by atoms with Crippen LogP contribution in [0.2, 0.25) is 0 Å². The van der Waals surface area contributed by atoms with E-state index >= 15 is 0 Å². The van der Waals surface area contributed by atoms with E-state index in [1.807, 2.05) is 6.07 Å². The van der Waals surface area contributed by atoms with E-state index < -0.39 is 35.8 Å². The molecular weight excluding hydrogens is 608 g/mol. The lowest BCUT2D eigenvalue weighted by Gasteiger charge is -2.23. The number of nitrogens with two attached hydrogens (primary N) is 3. The predicted octanol–water partition coefficient (Wildman–Crippen LogP) is 0.951. The zero-order valence-electron chi connectivity index (χ0n) is 25.7. The summed E-state index contributed by atoms with van der Waals surface area (Å²) in [7, 11) is 1.18. The number of carbonyl (C=O) groups is 4. The van der Waals surface area contributed by atoms with E-state index in [9.17, 15) is 19.2 Å². The number of rotatable bonds is 12. The number of ether oxygens (including phenoxy) is 2. The third-order valence-corrected chi connectivity index (χ3v) is 7.51. The highest BCUT2D eigenvalue weighted by Crippen LogP contribution is 2.30. The molecule has 0 spiro atoms. The molecule has 2 aromatic heterocycles. The van der Waals surface area contributed by atoms with Crippen molar-refractivity contribution in [1.82, 2.24) is 25.3 Å². The Bertz CT molecular complexity index is 1850. The summed E-state index contributed by atoms with van der Waals surface area (Å²) in [6.07, 6.45) is 2.05. The number of hydrogen-bond donors (Lipinski definition) is 5. The number of primary amides is 1. The van der Waals surface area contributed by atoms with Crippen molar-refractivity contribution in [2.24, 2.45) is 5.73 Å². The van der Waals surface area contributed by atoms with Gasteiger partial charge in [-0.05, 0) is 55.3 Å². The van der Waals surface area contributed by atoms with Gasteiger partial charge in [0.15, 0.2) is 17.0 Å². The molecule has 0 aliphatic carbocycles. The van der Waals surface area contributed by atoms with Crippen LogP contribution in [-0.4, -0.2) is 76.0 Å². The quantitative estimate of drug-likeness (QED) is 0.135. The molecule has 0 saturated carbocycles. The fraction of sp³-hybridized carbons (Fsp3) is 0.290. The Kier molecular flexibility index (Phi) is 9.58. The predicted molar refractivity (Wildman–Crippen MR) is 172 cm³/mol. The molecule has 8 N–H and O–H groups in total. The fourth-order valence-corrected chi connectivity index (χ4v) is 5.26. The second-order valence-electron chi connectivity index (χ2n) is 10.7. The summed E-state index contributed by atoms with van der Waals surface area (Å²) < 4.78 is 9.93. The van der Waals surface area contributed by atoms with Crippen molar-refractivity contribution in [1.29, 1.82) is 0 Å². The van der Waals surface area contributed by atoms with E-state index in [1.54, 1.807) is 43.5 Å². The van der Waals surface area contributed by atoms with Crippen LogP contribution in [0.5, 0.6) is 0 Å². The maximum Gasteiger partial charge on any atom is 0.338 e. The van der Waals surface area contributed by atoms with E-state index in [2.05, 4.69) is 35.5 Å². The lowest BCUT2D eigenvalue weighted by molar-refractivity contribution is -0.143. The number of esters is 2. The van der Waals surface area contributed by atoms with Crippen molar-refractivity contribution in [2.75, 3.05) is 41.9 Å². The number of hydrogen-bond acceptors (Lipinski definition) is 14. The first-order valence-corrected chi connectivity index (χ1v) is 14.7. The number of anilines is 4. The topological polar surface area (TPSA) is 244 Å². The Morgan fingerprint density at radius 1 is 1.02 bits per heavy atom. The third-order valence-electron chi connectivity index (χ3n) is 7.51. The second kappa shape index (κ2) is 13.9. The Hall–Kier alpha value is -6.06. The lowest BCUT2D eigenvalue weighted by atomic mass is 10.0. The Morgan fingerprint density at radius 2 is 1.83 bits per heavy atom. The minimum Gasteiger partial charge on any atom is -0.467 e. The van der Waals surface area contributed by atoms with Gasteiger partial charge in [0.25, 0.3) is 5.91 Å². The highest BCUT2D eigenvalue weighted by Gasteiger charge is 2.30. The summed E-state index contributed by atoms with van der Waals surface area (Å²) >= 11 is 0. The number of nitrogens with zero attached hydrogens (tertiary/aromatic N) is 5. The van der Waals surface area contributed by atoms with Gasteiger partial charge in [0, 0.05) is 29.9 Å². The molecule has 16 nitrogen and oxygen atoms in total. The van der Waals surface area contributed by atoms with Gasteiger partial charge in [-0.2, -0.15) is 9.97 Å². The minimum atomic E-state index is -1.21. The number of nitrogen functional groups attached to an aromatic ring is 2. The summed E-state index contributed by atoms with van der Waals surface area (Å²) in [5.74, 6) is -2.44. The molecule has 244 valence electrons. The Balaban J connectivity index is 1.28. The molecule has 16 heteroatoms. The first-order valence-electron chi connectivity index (χ1n) is 14.7. The third kappa shape index (κ3) is 7.43. The molecular formula is C31H34N10O6. The number of methoxy groups -OCH3 is 1. The van der Waals surface area contributed by atoms with Crippen LogP contribution in [0.1, 0.15) is 45.3 Å². The van der Waals surface area contributed by atoms with Crippen molar-refractivity contribution >= 4 is 58.1 Å². The Labute approximate surface area is 269 Å². The van der Waals surface area contributed by atoms with Crippen molar-refractivity contribution in [3.8, 4) is 0 Å². The monoisotopic (exact) mass is 642 g/mol. The number of benzene rings is 2. The van der Waals surface area contributed by atoms with Gasteiger partial charge in [0.2, 0.25) is 11.9 Å². The largest absolute Gasteiger partial charge is 0.467 e. The number of aromatic nitrogens is 4. The van der Waals surface area contributed by atoms with E-state index in [0.717, 1.165) is 11.3 Å². The van der Waals surface area contributed by atoms with Crippen LogP contribution in [0.15, 0.2) is 48.7 Å². The van der Waals surface area contributed by atoms with Crippen LogP contribution in [0.25, 0.3) is 11.2 Å². The zero-order valence-corrected chi connectivity index (χ0v) is 25.7. The van der Waals surface area contributed by atoms with E-state index in [1.165, 1.54) is 13.2 Å². The smallest absolute Gasteiger partial charge is 0.338 e. The van der Waals surface area contributed by atoms with Gasteiger partial charge in [-0.25, -0.2) is 19.6 Å². The zero-order chi connectivity index (χ0) is 33.7. The molecule has 4 aromatic rings. The maximum atomic E-state index is 13.3. The number of nitrogens with one attached hydrogen (secondary N) is 2. The molecule has 3 heterocycles. The first kappa shape index (κ1) is 32.3. The molecule has 0 fully saturated rings. The Morgan fingerprint density at radius 3 is 2.57 bits per heavy atom. The molecule has 5 rings (SSSR count). The van der Waals surface area contributed by atoms with Crippen LogP contribution in [0.4, 0.5) is 23.1 Å². The highest BCUT2D eigenvalue weighted by atomic mass is 16.5. The minimum absolute atomic E-state index is 0.0192. The fourth-order valence-electron chi connectivity index (χ4n) is 5.26. The van der Waals surface area contributed by atoms with E-state index in [0.29, 0.717) is 47.6 Å². The SMILES string of the molecule is CCOC(=O)c1cccc(NC(C[C@H](NC(=O)c2ccc3c(c2)CCN3Cc2cnc3nc(N)nc(N)c3n2)C(=O)OC)C(N)=O)c1. The maximum absolute atomic E-state index is 13.3. The molecule has 2 atom stereocenters. The van der Waals surface area contributed by atoms with Crippen molar-refractivity contribution in [3.63, 3.8) is 0 Å². The molecule has 0 radical (unpaired) electrons. The molecule has 1 unspecified atom stereocenters. The van der Waals surface area contributed by atoms with Crippen molar-refractivity contribution in [3.05, 3.63) is 71.0 Å². The molecule has 0 saturated heterocycles. The van der Waals surface area contributed by atoms with Crippen molar-refractivity contribution < 1.29 is 28.7 Å². The van der Waals surface area contributed by atoms with E-state index in [4.69, 9.17) is 26.7 Å². The van der Waals surface area contributed by atoms with Crippen LogP contribution in [0, 0.1) is 0 Å². The standard InChI is InChI=1S/C31H34N10O6/c1-3-47-29(44)18-5-4-6-19(12-18)36-21(26(33)42)13-22(30(45)46-2)38-28(43)17-7-8-23-16(11-17)9-10-41(23)15-20-14-35-27-24(37-20)25(32)39-31(34)40-27/h4-8,11-12,14,21-22,36H,3,9-10,13,15H2,1-2H3,(H2,33,42)(H,38,43)(H4,32,34,35,39,40)/t21?,22-/m0/s1. The molecule has 1 aliphatic rings. The van der Waals surface area contributed by atoms with Gasteiger partial charge in [-0.15, -0.1) is 0 Å². The molecule has 2 aromatic carbocycles. The molecule has 0 bridgehead atoms. The summed E-state index contributed by atoms with van der Waals surface area (Å²) in [5, 5.41) is 5.61. The summed E-state index contributed by atoms with van der Waals surface area (Å²) in [4.78, 5) is 69.6. The summed E-state index contributed by atoms with van der Waals surface area (Å²) in [6.45, 7) is 2.99. The molecule has 47 heavy (non-hydrogen) atoms. The van der Waals surface area contributed by atoms with Gasteiger partial charge in [-0.3, -0.25) is 9.59 Å². The normalized spacial score (nSPS) is 13.4. The number of fused-ring (bicyclic) bond motifs is 2. The van der Waals surface area contributed by atoms with Crippen LogP contribution >= 0.6 is 0 Å². The highest BCUT2D eigenvalue weighted by molar-refractivity contribution is 5.98. The summed E-state index contributed by atoms with van der Waals surface area (Å²) in [5.41, 5.74) is 21.4. The molecule has 2 amide bonds. The van der Waals surface area contributed by atoms with Gasteiger partial charge in [0.05, 0.1) is 37.7 Å². The van der Waals surface area contributed by atoms with Gasteiger partial charge >= 0.3 is 11.9 Å².